The molecule has 9 nitrogen and oxygen atoms in total. The van der Waals surface area contributed by atoms with Crippen molar-refractivity contribution in [1.29, 1.82) is 0 Å². The first-order valence-electron chi connectivity index (χ1n) is 8.89. The molecule has 27 heavy (non-hydrogen) atoms. The van der Waals surface area contributed by atoms with Gasteiger partial charge in [0.1, 0.15) is 6.61 Å². The Morgan fingerprint density at radius 3 is 2.67 bits per heavy atom. The number of hydrogen-bond acceptors (Lipinski definition) is 8. The summed E-state index contributed by atoms with van der Waals surface area (Å²) in [6.07, 6.45) is 3.99. The Hall–Kier alpha value is -2.36. The molecule has 0 aliphatic carbocycles. The van der Waals surface area contributed by atoms with E-state index in [0.29, 0.717) is 31.1 Å². The number of piperidine rings is 1. The Labute approximate surface area is 161 Å². The summed E-state index contributed by atoms with van der Waals surface area (Å²) in [5, 5.41) is 0.567. The van der Waals surface area contributed by atoms with Gasteiger partial charge in [0.15, 0.2) is 11.2 Å². The molecular formula is C17H22N4O5S. The van der Waals surface area contributed by atoms with E-state index in [1.54, 1.807) is 30.3 Å². The van der Waals surface area contributed by atoms with Crippen molar-refractivity contribution in [1.82, 2.24) is 19.8 Å². The van der Waals surface area contributed by atoms with E-state index >= 15 is 0 Å². The second-order valence-corrected chi connectivity index (χ2v) is 7.13. The first kappa shape index (κ1) is 19.4. The SMILES string of the molecule is CCOC(=O)C1COC(=O)N1C1CCN(C(=O)CSc2ncccn2)CC1. The van der Waals surface area contributed by atoms with E-state index in [1.807, 2.05) is 0 Å². The Bertz CT molecular complexity index is 681. The van der Waals surface area contributed by atoms with Gasteiger partial charge in [-0.15, -0.1) is 0 Å². The minimum atomic E-state index is -0.699. The van der Waals surface area contributed by atoms with Gasteiger partial charge in [-0.25, -0.2) is 19.6 Å². The van der Waals surface area contributed by atoms with Gasteiger partial charge in [0.25, 0.3) is 0 Å². The van der Waals surface area contributed by atoms with Crippen LogP contribution in [0.25, 0.3) is 0 Å². The average molecular weight is 394 g/mol. The number of rotatable bonds is 6. The molecule has 2 aliphatic heterocycles. The fourth-order valence-corrected chi connectivity index (χ4v) is 3.93. The number of carbonyl (C=O) groups is 3. The lowest BCUT2D eigenvalue weighted by Crippen LogP contribution is -2.52. The quantitative estimate of drug-likeness (QED) is 0.399. The van der Waals surface area contributed by atoms with Crippen LogP contribution in [0.1, 0.15) is 19.8 Å². The molecule has 3 rings (SSSR count). The number of likely N-dealkylation sites (tertiary alicyclic amines) is 1. The molecule has 10 heteroatoms. The summed E-state index contributed by atoms with van der Waals surface area (Å²) in [5.41, 5.74) is 0. The van der Waals surface area contributed by atoms with E-state index in [0.717, 1.165) is 0 Å². The van der Waals surface area contributed by atoms with Crippen molar-refractivity contribution < 1.29 is 23.9 Å². The molecule has 0 spiro atoms. The Balaban J connectivity index is 1.51. The van der Waals surface area contributed by atoms with Crippen LogP contribution in [0.3, 0.4) is 0 Å². The largest absolute Gasteiger partial charge is 0.464 e. The predicted molar refractivity (Wildman–Crippen MR) is 96.0 cm³/mol. The molecule has 2 saturated heterocycles. The van der Waals surface area contributed by atoms with Gasteiger partial charge in [0.2, 0.25) is 5.91 Å². The van der Waals surface area contributed by atoms with Crippen molar-refractivity contribution in [2.24, 2.45) is 0 Å². The van der Waals surface area contributed by atoms with E-state index in [2.05, 4.69) is 9.97 Å². The molecule has 1 atom stereocenters. The summed E-state index contributed by atoms with van der Waals surface area (Å²) in [5.74, 6) is -0.163. The first-order chi connectivity index (χ1) is 13.1. The number of thioether (sulfide) groups is 1. The van der Waals surface area contributed by atoms with Crippen molar-refractivity contribution in [2.75, 3.05) is 32.1 Å². The van der Waals surface area contributed by atoms with Gasteiger partial charge in [0, 0.05) is 31.5 Å². The van der Waals surface area contributed by atoms with Crippen molar-refractivity contribution >= 4 is 29.7 Å². The number of carbonyl (C=O) groups excluding carboxylic acids is 3. The van der Waals surface area contributed by atoms with E-state index in [4.69, 9.17) is 9.47 Å². The molecule has 2 aliphatic rings. The minimum Gasteiger partial charge on any atom is -0.464 e. The standard InChI is InChI=1S/C17H22N4O5S/c1-2-25-15(23)13-10-26-17(24)21(13)12-4-8-20(9-5-12)14(22)11-27-16-18-6-3-7-19-16/h3,6-7,12-13H,2,4-5,8-11H2,1H3. The summed E-state index contributed by atoms with van der Waals surface area (Å²) >= 11 is 1.30. The third-order valence-corrected chi connectivity index (χ3v) is 5.41. The van der Waals surface area contributed by atoms with E-state index in [1.165, 1.54) is 16.7 Å². The number of aromatic nitrogens is 2. The number of amides is 2. The van der Waals surface area contributed by atoms with Crippen LogP contribution in [-0.4, -0.2) is 81.9 Å². The summed E-state index contributed by atoms with van der Waals surface area (Å²) in [4.78, 5) is 47.9. The van der Waals surface area contributed by atoms with Crippen LogP contribution in [0.4, 0.5) is 4.79 Å². The summed E-state index contributed by atoms with van der Waals surface area (Å²) < 4.78 is 10.1. The fraction of sp³-hybridized carbons (Fsp3) is 0.588. The molecule has 3 heterocycles. The van der Waals surface area contributed by atoms with Gasteiger partial charge in [-0.3, -0.25) is 9.69 Å². The average Bonchev–Trinajstić information content (AvgIpc) is 3.09. The molecule has 0 N–H and O–H groups in total. The molecule has 146 valence electrons. The number of hydrogen-bond donors (Lipinski definition) is 0. The summed E-state index contributed by atoms with van der Waals surface area (Å²) in [6, 6.07) is 0.892. The maximum absolute atomic E-state index is 12.4. The fourth-order valence-electron chi connectivity index (χ4n) is 3.23. The highest BCUT2D eigenvalue weighted by molar-refractivity contribution is 7.99. The van der Waals surface area contributed by atoms with Crippen LogP contribution in [0.2, 0.25) is 0 Å². The lowest BCUT2D eigenvalue weighted by molar-refractivity contribution is -0.148. The van der Waals surface area contributed by atoms with Crippen molar-refractivity contribution in [3.8, 4) is 0 Å². The highest BCUT2D eigenvalue weighted by atomic mass is 32.2. The molecule has 1 unspecified atom stereocenters. The van der Waals surface area contributed by atoms with Crippen LogP contribution < -0.4 is 0 Å². The van der Waals surface area contributed by atoms with Crippen molar-refractivity contribution in [3.05, 3.63) is 18.5 Å². The Morgan fingerprint density at radius 1 is 1.30 bits per heavy atom. The third kappa shape index (κ3) is 4.68. The molecule has 0 bridgehead atoms. The van der Waals surface area contributed by atoms with Gasteiger partial charge in [0.05, 0.1) is 12.4 Å². The number of nitrogens with zero attached hydrogens (tertiary/aromatic N) is 4. The zero-order chi connectivity index (χ0) is 19.2. The zero-order valence-corrected chi connectivity index (χ0v) is 15.9. The third-order valence-electron chi connectivity index (χ3n) is 4.55. The zero-order valence-electron chi connectivity index (χ0n) is 15.1. The minimum absolute atomic E-state index is 0.0110. The molecule has 0 saturated carbocycles. The van der Waals surface area contributed by atoms with Crippen LogP contribution in [0, 0.1) is 0 Å². The lowest BCUT2D eigenvalue weighted by Gasteiger charge is -2.37. The molecule has 2 amide bonds. The Kier molecular flexibility index (Phi) is 6.49. The van der Waals surface area contributed by atoms with Gasteiger partial charge in [-0.2, -0.15) is 0 Å². The monoisotopic (exact) mass is 394 g/mol. The highest BCUT2D eigenvalue weighted by Crippen LogP contribution is 2.25. The van der Waals surface area contributed by atoms with Gasteiger partial charge < -0.3 is 14.4 Å². The molecule has 0 radical (unpaired) electrons. The molecular weight excluding hydrogens is 372 g/mol. The van der Waals surface area contributed by atoms with Crippen molar-refractivity contribution in [2.45, 2.75) is 37.0 Å². The molecule has 1 aromatic heterocycles. The summed E-state index contributed by atoms with van der Waals surface area (Å²) in [6.45, 7) is 3.05. The maximum atomic E-state index is 12.4. The van der Waals surface area contributed by atoms with E-state index in [-0.39, 0.29) is 30.9 Å². The first-order valence-corrected chi connectivity index (χ1v) is 9.88. The van der Waals surface area contributed by atoms with Crippen LogP contribution in [0.5, 0.6) is 0 Å². The van der Waals surface area contributed by atoms with Crippen LogP contribution >= 0.6 is 11.8 Å². The summed E-state index contributed by atoms with van der Waals surface area (Å²) in [7, 11) is 0. The number of cyclic esters (lactones) is 1. The number of ether oxygens (including phenoxy) is 2. The topological polar surface area (TPSA) is 102 Å². The number of esters is 1. The lowest BCUT2D eigenvalue weighted by atomic mass is 10.0. The maximum Gasteiger partial charge on any atom is 0.410 e. The van der Waals surface area contributed by atoms with Gasteiger partial charge in [-0.1, -0.05) is 11.8 Å². The normalized spacial score (nSPS) is 20.5. The second-order valence-electron chi connectivity index (χ2n) is 6.18. The van der Waals surface area contributed by atoms with Gasteiger partial charge in [-0.05, 0) is 25.8 Å². The molecule has 0 aromatic carbocycles. The van der Waals surface area contributed by atoms with Gasteiger partial charge >= 0.3 is 12.1 Å². The molecule has 2 fully saturated rings. The van der Waals surface area contributed by atoms with E-state index < -0.39 is 18.1 Å². The molecule has 1 aromatic rings. The smallest absolute Gasteiger partial charge is 0.410 e. The highest BCUT2D eigenvalue weighted by Gasteiger charge is 2.44. The second kappa shape index (κ2) is 9.03. The van der Waals surface area contributed by atoms with Crippen LogP contribution in [-0.2, 0) is 19.1 Å². The Morgan fingerprint density at radius 2 is 2.00 bits per heavy atom. The predicted octanol–water partition coefficient (Wildman–Crippen LogP) is 0.944. The van der Waals surface area contributed by atoms with Crippen LogP contribution in [0.15, 0.2) is 23.6 Å². The van der Waals surface area contributed by atoms with E-state index in [9.17, 15) is 14.4 Å². The van der Waals surface area contributed by atoms with Crippen molar-refractivity contribution in [3.63, 3.8) is 0 Å².